The van der Waals surface area contributed by atoms with Gasteiger partial charge in [-0.2, -0.15) is 0 Å². The minimum Gasteiger partial charge on any atom is -0.455 e. The van der Waals surface area contributed by atoms with Gasteiger partial charge in [0.25, 0.3) is 0 Å². The number of rotatable bonds is 9. The number of nitrogens with zero attached hydrogens (tertiary/aromatic N) is 1. The van der Waals surface area contributed by atoms with Crippen molar-refractivity contribution >= 4 is 78.6 Å². The molecular weight excluding hydrogens is 755 g/mol. The highest BCUT2D eigenvalue weighted by atomic mass is 28.3. The average molecular weight is 796 g/mol. The fourth-order valence-electron chi connectivity index (χ4n) is 9.37. The molecule has 0 radical (unpaired) electrons. The molecule has 0 aliphatic rings. The van der Waals surface area contributed by atoms with Gasteiger partial charge in [0.05, 0.1) is 11.1 Å². The van der Waals surface area contributed by atoms with Gasteiger partial charge < -0.3 is 9.32 Å². The van der Waals surface area contributed by atoms with Gasteiger partial charge in [-0.15, -0.1) is 0 Å². The fourth-order valence-corrected chi connectivity index (χ4v) is 14.2. The monoisotopic (exact) mass is 795 g/mol. The number of benzene rings is 10. The Balaban J connectivity index is 1.15. The van der Waals surface area contributed by atoms with Crippen LogP contribution in [0, 0.1) is 0 Å². The third-order valence-electron chi connectivity index (χ3n) is 12.2. The molecule has 1 aromatic heterocycles. The van der Waals surface area contributed by atoms with Crippen molar-refractivity contribution in [1.29, 1.82) is 0 Å². The van der Waals surface area contributed by atoms with Crippen LogP contribution in [0.4, 0.5) is 17.1 Å². The van der Waals surface area contributed by atoms with Gasteiger partial charge in [0.2, 0.25) is 0 Å². The van der Waals surface area contributed by atoms with E-state index >= 15 is 0 Å². The van der Waals surface area contributed by atoms with Crippen LogP contribution in [0.5, 0.6) is 0 Å². The molecule has 0 atom stereocenters. The third kappa shape index (κ3) is 6.35. The van der Waals surface area contributed by atoms with Crippen molar-refractivity contribution in [2.75, 3.05) is 4.90 Å². The summed E-state index contributed by atoms with van der Waals surface area (Å²) in [7, 11) is -2.83. The zero-order valence-corrected chi connectivity index (χ0v) is 34.5. The van der Waals surface area contributed by atoms with E-state index in [0.717, 1.165) is 55.3 Å². The second-order valence-electron chi connectivity index (χ2n) is 15.6. The summed E-state index contributed by atoms with van der Waals surface area (Å²) in [5.74, 6) is 0. The lowest BCUT2D eigenvalue weighted by molar-refractivity contribution is 0.672. The van der Waals surface area contributed by atoms with E-state index in [9.17, 15) is 0 Å². The molecule has 11 aromatic rings. The van der Waals surface area contributed by atoms with Crippen molar-refractivity contribution in [1.82, 2.24) is 0 Å². The molecule has 0 fully saturated rings. The molecule has 0 amide bonds. The van der Waals surface area contributed by atoms with E-state index in [2.05, 4.69) is 254 Å². The van der Waals surface area contributed by atoms with Crippen LogP contribution < -0.4 is 25.6 Å². The molecule has 3 heteroatoms. The summed E-state index contributed by atoms with van der Waals surface area (Å²) in [6.45, 7) is 0. The van der Waals surface area contributed by atoms with Crippen LogP contribution in [0.1, 0.15) is 0 Å². The van der Waals surface area contributed by atoms with Gasteiger partial charge in [0, 0.05) is 22.1 Å². The Labute approximate surface area is 357 Å². The normalized spacial score (nSPS) is 11.6. The zero-order valence-electron chi connectivity index (χ0n) is 33.5. The summed E-state index contributed by atoms with van der Waals surface area (Å²) in [6, 6.07) is 90.6. The highest BCUT2D eigenvalue weighted by Gasteiger charge is 2.41. The van der Waals surface area contributed by atoms with E-state index in [1.165, 1.54) is 37.4 Å². The van der Waals surface area contributed by atoms with E-state index in [1.54, 1.807) is 0 Å². The molecule has 288 valence electrons. The number of para-hydroxylation sites is 1. The number of fused-ring (bicyclic) bond motifs is 5. The molecule has 61 heavy (non-hydrogen) atoms. The lowest BCUT2D eigenvalue weighted by Crippen LogP contribution is -2.74. The zero-order chi connectivity index (χ0) is 40.6. The molecule has 0 unspecified atom stereocenters. The molecule has 0 bridgehead atoms. The summed E-state index contributed by atoms with van der Waals surface area (Å²) in [6.07, 6.45) is 0. The molecule has 0 spiro atoms. The van der Waals surface area contributed by atoms with Gasteiger partial charge >= 0.3 is 0 Å². The van der Waals surface area contributed by atoms with Crippen LogP contribution in [0.3, 0.4) is 0 Å². The Morgan fingerprint density at radius 2 is 0.787 bits per heavy atom. The molecule has 0 aliphatic heterocycles. The van der Waals surface area contributed by atoms with Crippen molar-refractivity contribution in [2.45, 2.75) is 0 Å². The van der Waals surface area contributed by atoms with Crippen molar-refractivity contribution in [3.05, 3.63) is 249 Å². The standard InChI is InChI=1S/C58H41NOSi/c1-5-18-42(19-6-1)43-32-34-44(35-33-43)45-36-38-47(39-37-45)59(55-40-46-20-13-14-29-53(46)58-57(55)54-30-15-16-31-56(54)60-58)48-21-17-28-52(41-48)61(49-22-7-2-8-23-49,50-24-9-3-10-25-50)51-26-11-4-12-27-51/h1-41H. The van der Waals surface area contributed by atoms with Gasteiger partial charge in [-0.05, 0) is 84.8 Å². The minimum absolute atomic E-state index is 0.877. The highest BCUT2D eigenvalue weighted by molar-refractivity contribution is 7.19. The predicted octanol–water partition coefficient (Wildman–Crippen LogP) is 12.9. The summed E-state index contributed by atoms with van der Waals surface area (Å²) in [5.41, 5.74) is 9.76. The maximum Gasteiger partial charge on any atom is 0.179 e. The minimum atomic E-state index is -2.83. The summed E-state index contributed by atoms with van der Waals surface area (Å²) < 4.78 is 6.78. The van der Waals surface area contributed by atoms with E-state index < -0.39 is 8.07 Å². The van der Waals surface area contributed by atoms with Crippen LogP contribution in [0.25, 0.3) is 55.0 Å². The van der Waals surface area contributed by atoms with Crippen LogP contribution >= 0.6 is 0 Å². The van der Waals surface area contributed by atoms with Crippen LogP contribution in [-0.2, 0) is 0 Å². The predicted molar refractivity (Wildman–Crippen MR) is 260 cm³/mol. The molecule has 11 rings (SSSR count). The lowest BCUT2D eigenvalue weighted by Gasteiger charge is -2.35. The van der Waals surface area contributed by atoms with Crippen LogP contribution in [-0.4, -0.2) is 8.07 Å². The Morgan fingerprint density at radius 1 is 0.328 bits per heavy atom. The van der Waals surface area contributed by atoms with Gasteiger partial charge in [0.1, 0.15) is 11.2 Å². The van der Waals surface area contributed by atoms with Crippen LogP contribution in [0.2, 0.25) is 0 Å². The van der Waals surface area contributed by atoms with E-state index in [1.807, 2.05) is 0 Å². The SMILES string of the molecule is c1ccc(-c2ccc(-c3ccc(N(c4cccc([Si](c5ccccc5)(c5ccccc5)c5ccccc5)c4)c4cc5ccccc5c5oc6ccccc6c45)cc3)cc2)cc1. The van der Waals surface area contributed by atoms with Gasteiger partial charge in [-0.3, -0.25) is 0 Å². The first kappa shape index (κ1) is 36.4. The Bertz CT molecular complexity index is 3170. The molecule has 0 saturated carbocycles. The van der Waals surface area contributed by atoms with E-state index in [-0.39, 0.29) is 0 Å². The first-order valence-corrected chi connectivity index (χ1v) is 22.9. The van der Waals surface area contributed by atoms with Crippen molar-refractivity contribution < 1.29 is 4.42 Å². The number of anilines is 3. The number of hydrogen-bond donors (Lipinski definition) is 0. The van der Waals surface area contributed by atoms with Crippen LogP contribution in [0.15, 0.2) is 253 Å². The summed E-state index contributed by atoms with van der Waals surface area (Å²) >= 11 is 0. The Morgan fingerprint density at radius 3 is 1.38 bits per heavy atom. The van der Waals surface area contributed by atoms with Gasteiger partial charge in [-0.1, -0.05) is 212 Å². The molecular formula is C58H41NOSi. The van der Waals surface area contributed by atoms with E-state index in [4.69, 9.17) is 4.42 Å². The second kappa shape index (κ2) is 15.5. The molecule has 1 heterocycles. The molecule has 10 aromatic carbocycles. The highest BCUT2D eigenvalue weighted by Crippen LogP contribution is 2.46. The number of furan rings is 1. The Hall–Kier alpha value is -7.72. The Kier molecular flexibility index (Phi) is 9.22. The average Bonchev–Trinajstić information content (AvgIpc) is 3.74. The molecule has 2 nitrogen and oxygen atoms in total. The van der Waals surface area contributed by atoms with E-state index in [0.29, 0.717) is 0 Å². The summed E-state index contributed by atoms with van der Waals surface area (Å²) in [4.78, 5) is 2.45. The molecule has 0 aliphatic carbocycles. The molecule has 0 saturated heterocycles. The van der Waals surface area contributed by atoms with Crippen molar-refractivity contribution in [2.24, 2.45) is 0 Å². The maximum atomic E-state index is 6.78. The smallest absolute Gasteiger partial charge is 0.179 e. The molecule has 0 N–H and O–H groups in total. The third-order valence-corrected chi connectivity index (χ3v) is 17.0. The van der Waals surface area contributed by atoms with Gasteiger partial charge in [0.15, 0.2) is 8.07 Å². The first-order valence-electron chi connectivity index (χ1n) is 20.9. The van der Waals surface area contributed by atoms with Gasteiger partial charge in [-0.25, -0.2) is 0 Å². The maximum absolute atomic E-state index is 6.78. The summed E-state index contributed by atoms with van der Waals surface area (Å²) in [5, 5.41) is 9.75. The topological polar surface area (TPSA) is 16.4 Å². The lowest BCUT2D eigenvalue weighted by atomic mass is 9.99. The largest absolute Gasteiger partial charge is 0.455 e. The quantitative estimate of drug-likeness (QED) is 0.107. The number of hydrogen-bond acceptors (Lipinski definition) is 2. The van der Waals surface area contributed by atoms with Crippen molar-refractivity contribution in [3.63, 3.8) is 0 Å². The first-order chi connectivity index (χ1) is 30.3. The van der Waals surface area contributed by atoms with Crippen molar-refractivity contribution in [3.8, 4) is 22.3 Å². The second-order valence-corrected chi connectivity index (χ2v) is 19.5. The fraction of sp³-hybridized carbons (Fsp3) is 0.